The van der Waals surface area contributed by atoms with E-state index < -0.39 is 0 Å². The third kappa shape index (κ3) is 1.98. The van der Waals surface area contributed by atoms with E-state index in [1.807, 2.05) is 0 Å². The molecule has 2 unspecified atom stereocenters. The van der Waals surface area contributed by atoms with Crippen LogP contribution in [0.4, 0.5) is 0 Å². The van der Waals surface area contributed by atoms with Crippen molar-refractivity contribution in [3.8, 4) is 0 Å². The van der Waals surface area contributed by atoms with Crippen LogP contribution >= 0.6 is 23.8 Å². The van der Waals surface area contributed by atoms with Crippen molar-refractivity contribution in [1.82, 2.24) is 0 Å². The average molecular weight is 320 g/mol. The fourth-order valence-electron chi connectivity index (χ4n) is 6.08. The van der Waals surface area contributed by atoms with Gasteiger partial charge in [0.15, 0.2) is 0 Å². The molecule has 0 spiro atoms. The lowest BCUT2D eigenvalue weighted by molar-refractivity contribution is -0.0803. The predicted molar refractivity (Wildman–Crippen MR) is 91.6 cm³/mol. The maximum Gasteiger partial charge on any atom is 0.0764 e. The molecule has 4 fully saturated rings. The molecule has 4 aliphatic rings. The zero-order chi connectivity index (χ0) is 14.7. The highest BCUT2D eigenvalue weighted by Gasteiger charge is 2.61. The molecule has 0 heterocycles. The second kappa shape index (κ2) is 4.70. The van der Waals surface area contributed by atoms with Crippen LogP contribution in [0.3, 0.4) is 0 Å². The van der Waals surface area contributed by atoms with Crippen molar-refractivity contribution in [2.75, 3.05) is 5.88 Å². The first-order valence-corrected chi connectivity index (χ1v) is 8.93. The van der Waals surface area contributed by atoms with Gasteiger partial charge in [-0.3, -0.25) is 0 Å². The summed E-state index contributed by atoms with van der Waals surface area (Å²) in [6, 6.07) is 11.1. The van der Waals surface area contributed by atoms with Crippen LogP contribution in [0.5, 0.6) is 0 Å². The number of hydrogen-bond donors (Lipinski definition) is 1. The Morgan fingerprint density at radius 1 is 1.14 bits per heavy atom. The van der Waals surface area contributed by atoms with Crippen LogP contribution in [0.2, 0.25) is 0 Å². The molecule has 4 aliphatic carbocycles. The molecule has 21 heavy (non-hydrogen) atoms. The standard InChI is InChI=1S/C18H22ClNS/c19-11-17-6-12-8-18(10-17,14-4-2-1-3-5-14)9-13(7-17)15(12)16(20)21/h1-5,12-13,15H,6-11H2,(H2,20,21). The third-order valence-electron chi connectivity index (χ3n) is 6.42. The Bertz CT molecular complexity index is 554. The summed E-state index contributed by atoms with van der Waals surface area (Å²) in [5.74, 6) is 2.53. The van der Waals surface area contributed by atoms with E-state index in [2.05, 4.69) is 30.3 Å². The minimum absolute atomic E-state index is 0.323. The van der Waals surface area contributed by atoms with Gasteiger partial charge in [0, 0.05) is 11.8 Å². The van der Waals surface area contributed by atoms with Gasteiger partial charge in [-0.15, -0.1) is 11.6 Å². The van der Waals surface area contributed by atoms with Crippen LogP contribution in [0, 0.1) is 23.2 Å². The van der Waals surface area contributed by atoms with Crippen LogP contribution in [-0.4, -0.2) is 10.9 Å². The first kappa shape index (κ1) is 14.0. The van der Waals surface area contributed by atoms with Gasteiger partial charge in [-0.05, 0) is 60.3 Å². The first-order chi connectivity index (χ1) is 10.1. The molecule has 2 N–H and O–H groups in total. The lowest BCUT2D eigenvalue weighted by atomic mass is 9.40. The van der Waals surface area contributed by atoms with Gasteiger partial charge < -0.3 is 5.73 Å². The molecular weight excluding hydrogens is 298 g/mol. The van der Waals surface area contributed by atoms with E-state index in [9.17, 15) is 0 Å². The summed E-state index contributed by atoms with van der Waals surface area (Å²) in [4.78, 5) is 0.747. The monoisotopic (exact) mass is 319 g/mol. The Balaban J connectivity index is 1.78. The number of nitrogens with two attached hydrogens (primary N) is 1. The molecule has 3 heteroatoms. The fraction of sp³-hybridized carbons (Fsp3) is 0.611. The summed E-state index contributed by atoms with van der Waals surface area (Å²) in [6.45, 7) is 0. The van der Waals surface area contributed by atoms with Gasteiger partial charge in [0.1, 0.15) is 0 Å². The number of hydrogen-bond acceptors (Lipinski definition) is 1. The van der Waals surface area contributed by atoms with Crippen LogP contribution in [0.15, 0.2) is 30.3 Å². The number of halogens is 1. The van der Waals surface area contributed by atoms with Crippen molar-refractivity contribution in [2.45, 2.75) is 37.5 Å². The second-order valence-electron chi connectivity index (χ2n) is 7.72. The molecule has 1 nitrogen and oxygen atoms in total. The number of rotatable bonds is 3. The maximum atomic E-state index is 6.43. The Hall–Kier alpha value is -0.600. The van der Waals surface area contributed by atoms with Gasteiger partial charge >= 0.3 is 0 Å². The summed E-state index contributed by atoms with van der Waals surface area (Å²) >= 11 is 11.8. The quantitative estimate of drug-likeness (QED) is 0.665. The van der Waals surface area contributed by atoms with Crippen LogP contribution in [0.25, 0.3) is 0 Å². The fourth-order valence-corrected chi connectivity index (χ4v) is 6.77. The minimum Gasteiger partial charge on any atom is -0.393 e. The second-order valence-corrected chi connectivity index (χ2v) is 8.46. The summed E-state index contributed by atoms with van der Waals surface area (Å²) < 4.78 is 0. The Morgan fingerprint density at radius 3 is 2.29 bits per heavy atom. The lowest BCUT2D eigenvalue weighted by Gasteiger charge is -2.64. The smallest absolute Gasteiger partial charge is 0.0764 e. The molecule has 0 radical (unpaired) electrons. The van der Waals surface area contributed by atoms with Crippen LogP contribution < -0.4 is 5.73 Å². The molecule has 0 amide bonds. The van der Waals surface area contributed by atoms with Gasteiger partial charge in [-0.1, -0.05) is 42.5 Å². The molecule has 112 valence electrons. The third-order valence-corrected chi connectivity index (χ3v) is 7.26. The van der Waals surface area contributed by atoms with E-state index in [-0.39, 0.29) is 0 Å². The van der Waals surface area contributed by atoms with Crippen molar-refractivity contribution in [1.29, 1.82) is 0 Å². The topological polar surface area (TPSA) is 26.0 Å². The highest BCUT2D eigenvalue weighted by atomic mass is 35.5. The van der Waals surface area contributed by atoms with Gasteiger partial charge in [0.25, 0.3) is 0 Å². The van der Waals surface area contributed by atoms with Crippen LogP contribution in [0.1, 0.15) is 37.7 Å². The molecule has 0 saturated heterocycles. The van der Waals surface area contributed by atoms with E-state index in [1.54, 1.807) is 0 Å². The Labute approximate surface area is 137 Å². The largest absolute Gasteiger partial charge is 0.393 e. The van der Waals surface area contributed by atoms with Gasteiger partial charge in [-0.25, -0.2) is 0 Å². The van der Waals surface area contributed by atoms with Gasteiger partial charge in [-0.2, -0.15) is 0 Å². The summed E-state index contributed by atoms with van der Waals surface area (Å²) in [5, 5.41) is 0. The average Bonchev–Trinajstić information content (AvgIpc) is 2.47. The van der Waals surface area contributed by atoms with Crippen molar-refractivity contribution in [2.24, 2.45) is 28.9 Å². The van der Waals surface area contributed by atoms with E-state index >= 15 is 0 Å². The molecule has 4 saturated carbocycles. The van der Waals surface area contributed by atoms with E-state index in [4.69, 9.17) is 29.6 Å². The summed E-state index contributed by atoms with van der Waals surface area (Å²) in [5.41, 5.74) is 8.24. The zero-order valence-corrected chi connectivity index (χ0v) is 13.8. The predicted octanol–water partition coefficient (Wildman–Crippen LogP) is 4.28. The molecule has 1 aromatic rings. The molecule has 0 aromatic heterocycles. The minimum atomic E-state index is 0.323. The van der Waals surface area contributed by atoms with Gasteiger partial charge in [0.2, 0.25) is 0 Å². The maximum absolute atomic E-state index is 6.43. The first-order valence-electron chi connectivity index (χ1n) is 7.98. The van der Waals surface area contributed by atoms with Crippen molar-refractivity contribution >= 4 is 28.8 Å². The zero-order valence-electron chi connectivity index (χ0n) is 12.2. The van der Waals surface area contributed by atoms with E-state index in [0.29, 0.717) is 28.6 Å². The number of thiocarbonyl (C=S) groups is 1. The lowest BCUT2D eigenvalue weighted by Crippen LogP contribution is -2.60. The molecule has 2 atom stereocenters. The van der Waals surface area contributed by atoms with Gasteiger partial charge in [0.05, 0.1) is 4.99 Å². The van der Waals surface area contributed by atoms with Crippen molar-refractivity contribution in [3.63, 3.8) is 0 Å². The molecule has 0 aliphatic heterocycles. The molecular formula is C18H22ClNS. The SMILES string of the molecule is NC(=S)C1C2CC3(CCl)CC1CC(c1ccccc1)(C2)C3. The highest BCUT2D eigenvalue weighted by molar-refractivity contribution is 7.80. The van der Waals surface area contributed by atoms with Crippen LogP contribution in [-0.2, 0) is 5.41 Å². The molecule has 4 bridgehead atoms. The van der Waals surface area contributed by atoms with E-state index in [0.717, 1.165) is 10.9 Å². The Morgan fingerprint density at radius 2 is 1.76 bits per heavy atom. The normalized spacial score (nSPS) is 44.0. The number of benzene rings is 1. The number of alkyl halides is 1. The molecule has 1 aromatic carbocycles. The summed E-state index contributed by atoms with van der Waals surface area (Å²) in [7, 11) is 0. The summed E-state index contributed by atoms with van der Waals surface area (Å²) in [6.07, 6.45) is 6.19. The molecule has 5 rings (SSSR count). The van der Waals surface area contributed by atoms with E-state index in [1.165, 1.54) is 37.7 Å². The highest BCUT2D eigenvalue weighted by Crippen LogP contribution is 2.67. The van der Waals surface area contributed by atoms with Crippen molar-refractivity contribution in [3.05, 3.63) is 35.9 Å². The Kier molecular flexibility index (Phi) is 3.14. The van der Waals surface area contributed by atoms with Crippen molar-refractivity contribution < 1.29 is 0 Å².